The molecule has 0 radical (unpaired) electrons. The molecule has 0 spiro atoms. The van der Waals surface area contributed by atoms with Crippen LogP contribution in [-0.2, 0) is 4.74 Å². The molecule has 1 N–H and O–H groups in total. The van der Waals surface area contributed by atoms with E-state index in [-0.39, 0.29) is 0 Å². The maximum atomic E-state index is 5.43. The Hall–Kier alpha value is -2.38. The van der Waals surface area contributed by atoms with Crippen LogP contribution in [0.4, 0.5) is 5.82 Å². The zero-order valence-electron chi connectivity index (χ0n) is 16.3. The van der Waals surface area contributed by atoms with Crippen LogP contribution >= 0.6 is 0 Å². The molecule has 4 heterocycles. The van der Waals surface area contributed by atoms with Crippen LogP contribution < -0.4 is 5.32 Å². The van der Waals surface area contributed by atoms with E-state index in [1.54, 1.807) is 6.26 Å². The number of hydrogen-bond donors (Lipinski definition) is 1. The Balaban J connectivity index is 1.53. The summed E-state index contributed by atoms with van der Waals surface area (Å²) in [4.78, 5) is 7.16. The topological polar surface area (TPSA) is 67.8 Å². The van der Waals surface area contributed by atoms with Gasteiger partial charge in [-0.2, -0.15) is 9.61 Å². The molecule has 1 saturated heterocycles. The fourth-order valence-electron chi connectivity index (χ4n) is 3.53. The predicted molar refractivity (Wildman–Crippen MR) is 105 cm³/mol. The summed E-state index contributed by atoms with van der Waals surface area (Å²) in [6, 6.07) is 3.97. The molecule has 0 atom stereocenters. The molecule has 144 valence electrons. The van der Waals surface area contributed by atoms with E-state index in [9.17, 15) is 0 Å². The van der Waals surface area contributed by atoms with E-state index in [1.807, 2.05) is 30.5 Å². The van der Waals surface area contributed by atoms with Gasteiger partial charge in [0, 0.05) is 42.5 Å². The molecule has 27 heavy (non-hydrogen) atoms. The van der Waals surface area contributed by atoms with Crippen molar-refractivity contribution < 1.29 is 9.15 Å². The number of fused-ring (bicyclic) bond motifs is 1. The van der Waals surface area contributed by atoms with Gasteiger partial charge in [0.05, 0.1) is 25.2 Å². The number of hydrogen-bond acceptors (Lipinski definition) is 6. The van der Waals surface area contributed by atoms with Gasteiger partial charge in [0.15, 0.2) is 5.65 Å². The standard InChI is InChI=1S/C20H27N5O2/c1-14-15(2)22-19-13-18(17-5-10-27-16(17)3)23-25(19)20(14)21-6-4-7-24-8-11-26-12-9-24/h5,10,13,21H,4,6-9,11-12H2,1-3H3. The van der Waals surface area contributed by atoms with Gasteiger partial charge < -0.3 is 14.5 Å². The third kappa shape index (κ3) is 3.70. The van der Waals surface area contributed by atoms with Crippen molar-refractivity contribution in [1.29, 1.82) is 0 Å². The van der Waals surface area contributed by atoms with Gasteiger partial charge in [0.2, 0.25) is 0 Å². The zero-order chi connectivity index (χ0) is 18.8. The van der Waals surface area contributed by atoms with E-state index in [2.05, 4.69) is 17.1 Å². The molecule has 7 nitrogen and oxygen atoms in total. The van der Waals surface area contributed by atoms with Crippen molar-refractivity contribution in [1.82, 2.24) is 19.5 Å². The highest BCUT2D eigenvalue weighted by atomic mass is 16.5. The van der Waals surface area contributed by atoms with Crippen molar-refractivity contribution in [2.24, 2.45) is 0 Å². The number of aryl methyl sites for hydroxylation is 2. The molecular formula is C20H27N5O2. The Morgan fingerprint density at radius 1 is 1.19 bits per heavy atom. The highest BCUT2D eigenvalue weighted by molar-refractivity contribution is 5.67. The lowest BCUT2D eigenvalue weighted by Gasteiger charge is -2.26. The van der Waals surface area contributed by atoms with Crippen LogP contribution in [-0.4, -0.2) is 58.9 Å². The van der Waals surface area contributed by atoms with Gasteiger partial charge >= 0.3 is 0 Å². The number of anilines is 1. The van der Waals surface area contributed by atoms with E-state index in [1.165, 1.54) is 0 Å². The SMILES string of the molecule is Cc1nc2cc(-c3ccoc3C)nn2c(NCCCN2CCOCC2)c1C. The van der Waals surface area contributed by atoms with Crippen LogP contribution in [0.1, 0.15) is 23.4 Å². The Morgan fingerprint density at radius 2 is 2.00 bits per heavy atom. The van der Waals surface area contributed by atoms with Gasteiger partial charge in [-0.25, -0.2) is 4.98 Å². The number of nitrogens with zero attached hydrogens (tertiary/aromatic N) is 4. The number of morpholine rings is 1. The summed E-state index contributed by atoms with van der Waals surface area (Å²) in [5, 5.41) is 8.38. The van der Waals surface area contributed by atoms with Crippen molar-refractivity contribution in [3.8, 4) is 11.3 Å². The Bertz CT molecular complexity index is 924. The lowest BCUT2D eigenvalue weighted by molar-refractivity contribution is 0.0378. The minimum Gasteiger partial charge on any atom is -0.469 e. The van der Waals surface area contributed by atoms with E-state index >= 15 is 0 Å². The number of aromatic nitrogens is 3. The first kappa shape index (κ1) is 18.0. The number of ether oxygens (including phenoxy) is 1. The zero-order valence-corrected chi connectivity index (χ0v) is 16.3. The highest BCUT2D eigenvalue weighted by Crippen LogP contribution is 2.27. The molecule has 1 fully saturated rings. The average molecular weight is 369 g/mol. The number of rotatable bonds is 6. The summed E-state index contributed by atoms with van der Waals surface area (Å²) in [5.41, 5.74) is 4.90. The van der Waals surface area contributed by atoms with Crippen LogP contribution in [0.3, 0.4) is 0 Å². The van der Waals surface area contributed by atoms with Crippen LogP contribution in [0.25, 0.3) is 16.9 Å². The minimum atomic E-state index is 0.847. The lowest BCUT2D eigenvalue weighted by Crippen LogP contribution is -2.37. The largest absolute Gasteiger partial charge is 0.469 e. The summed E-state index contributed by atoms with van der Waals surface area (Å²) in [6.07, 6.45) is 2.78. The molecule has 0 saturated carbocycles. The van der Waals surface area contributed by atoms with Crippen molar-refractivity contribution >= 4 is 11.5 Å². The molecule has 0 amide bonds. The average Bonchev–Trinajstić information content (AvgIpc) is 3.28. The number of furan rings is 1. The van der Waals surface area contributed by atoms with Crippen LogP contribution in [0.5, 0.6) is 0 Å². The third-order valence-corrected chi connectivity index (χ3v) is 5.26. The maximum Gasteiger partial charge on any atom is 0.158 e. The Kier molecular flexibility index (Phi) is 5.13. The van der Waals surface area contributed by atoms with Gasteiger partial charge in [-0.1, -0.05) is 0 Å². The van der Waals surface area contributed by atoms with Crippen LogP contribution in [0.2, 0.25) is 0 Å². The van der Waals surface area contributed by atoms with Crippen LogP contribution in [0, 0.1) is 20.8 Å². The van der Waals surface area contributed by atoms with Crippen LogP contribution in [0.15, 0.2) is 22.8 Å². The molecule has 1 aliphatic rings. The second kappa shape index (κ2) is 7.70. The second-order valence-electron chi connectivity index (χ2n) is 7.10. The summed E-state index contributed by atoms with van der Waals surface area (Å²) in [5.74, 6) is 1.89. The van der Waals surface area contributed by atoms with Gasteiger partial charge in [-0.15, -0.1) is 0 Å². The fraction of sp³-hybridized carbons (Fsp3) is 0.500. The van der Waals surface area contributed by atoms with E-state index < -0.39 is 0 Å². The molecule has 7 heteroatoms. The second-order valence-corrected chi connectivity index (χ2v) is 7.10. The van der Waals surface area contributed by atoms with Gasteiger partial charge in [-0.3, -0.25) is 4.90 Å². The van der Waals surface area contributed by atoms with Gasteiger partial charge in [0.25, 0.3) is 0 Å². The predicted octanol–water partition coefficient (Wildman–Crippen LogP) is 3.05. The summed E-state index contributed by atoms with van der Waals surface area (Å²) in [7, 11) is 0. The summed E-state index contributed by atoms with van der Waals surface area (Å²) >= 11 is 0. The first-order valence-corrected chi connectivity index (χ1v) is 9.59. The monoisotopic (exact) mass is 369 g/mol. The molecular weight excluding hydrogens is 342 g/mol. The Morgan fingerprint density at radius 3 is 2.74 bits per heavy atom. The van der Waals surface area contributed by atoms with E-state index in [4.69, 9.17) is 19.2 Å². The third-order valence-electron chi connectivity index (χ3n) is 5.26. The Labute approximate surface area is 159 Å². The summed E-state index contributed by atoms with van der Waals surface area (Å²) in [6.45, 7) is 11.8. The molecule has 4 rings (SSSR count). The fourth-order valence-corrected chi connectivity index (χ4v) is 3.53. The number of nitrogens with one attached hydrogen (secondary N) is 1. The molecule has 3 aromatic rings. The van der Waals surface area contributed by atoms with Crippen molar-refractivity contribution in [2.75, 3.05) is 44.7 Å². The quantitative estimate of drug-likeness (QED) is 0.674. The molecule has 3 aromatic heterocycles. The molecule has 0 aromatic carbocycles. The van der Waals surface area contributed by atoms with Crippen molar-refractivity contribution in [3.63, 3.8) is 0 Å². The lowest BCUT2D eigenvalue weighted by atomic mass is 10.2. The molecule has 0 bridgehead atoms. The highest BCUT2D eigenvalue weighted by Gasteiger charge is 2.15. The first-order valence-electron chi connectivity index (χ1n) is 9.59. The summed E-state index contributed by atoms with van der Waals surface area (Å²) < 4.78 is 12.8. The van der Waals surface area contributed by atoms with E-state index in [0.717, 1.165) is 85.6 Å². The van der Waals surface area contributed by atoms with Crippen molar-refractivity contribution in [3.05, 3.63) is 35.4 Å². The van der Waals surface area contributed by atoms with Gasteiger partial charge in [0.1, 0.15) is 11.6 Å². The first-order chi connectivity index (χ1) is 13.1. The van der Waals surface area contributed by atoms with E-state index in [0.29, 0.717) is 0 Å². The molecule has 0 aliphatic carbocycles. The molecule has 1 aliphatic heterocycles. The van der Waals surface area contributed by atoms with Gasteiger partial charge in [-0.05, 0) is 39.8 Å². The minimum absolute atomic E-state index is 0.847. The normalized spacial score (nSPS) is 15.5. The molecule has 0 unspecified atom stereocenters. The smallest absolute Gasteiger partial charge is 0.158 e. The maximum absolute atomic E-state index is 5.43. The van der Waals surface area contributed by atoms with Crippen molar-refractivity contribution in [2.45, 2.75) is 27.2 Å².